The average Bonchev–Trinajstić information content (AvgIpc) is 3.12. The fourth-order valence-electron chi connectivity index (χ4n) is 4.38. The number of carbonyl (C=O) groups is 3. The smallest absolute Gasteiger partial charge is 0.335 e. The minimum absolute atomic E-state index is 0.0693. The summed E-state index contributed by atoms with van der Waals surface area (Å²) < 4.78 is 0. The number of imide groups is 1. The number of aromatic carboxylic acids is 1. The van der Waals surface area contributed by atoms with Crippen molar-refractivity contribution < 1.29 is 19.5 Å². The maximum Gasteiger partial charge on any atom is 0.335 e. The summed E-state index contributed by atoms with van der Waals surface area (Å²) >= 11 is 7.29. The van der Waals surface area contributed by atoms with E-state index in [2.05, 4.69) is 31.9 Å². The molecule has 3 aliphatic rings. The lowest BCUT2D eigenvalue weighted by Crippen LogP contribution is -2.37. The molecule has 0 unspecified atom stereocenters. The molecule has 7 heteroatoms. The second-order valence-corrected chi connectivity index (χ2v) is 8.49. The molecule has 1 saturated heterocycles. The first-order chi connectivity index (χ1) is 10.9. The zero-order chi connectivity index (χ0) is 16.5. The molecule has 0 aromatic heterocycles. The van der Waals surface area contributed by atoms with E-state index in [1.54, 1.807) is 12.1 Å². The molecule has 1 heterocycles. The Hall–Kier alpha value is -1.21. The Morgan fingerprint density at radius 3 is 2.17 bits per heavy atom. The molecule has 2 bridgehead atoms. The van der Waals surface area contributed by atoms with Gasteiger partial charge < -0.3 is 5.11 Å². The molecule has 2 saturated carbocycles. The van der Waals surface area contributed by atoms with Gasteiger partial charge in [-0.2, -0.15) is 0 Å². The standard InChI is InChI=1S/C16H13Br2NO4/c17-12-8-5-9(13(12)18)11-10(8)14(20)19(15(11)21)7-3-1-2-6(4-7)16(22)23/h1-4,8-13H,5H2,(H,22,23)/t8-,9-,10-,11+,12-,13+/m0/s1. The van der Waals surface area contributed by atoms with Crippen LogP contribution in [0.4, 0.5) is 5.69 Å². The highest BCUT2D eigenvalue weighted by molar-refractivity contribution is 9.12. The lowest BCUT2D eigenvalue weighted by atomic mass is 9.81. The van der Waals surface area contributed by atoms with Gasteiger partial charge in [0.2, 0.25) is 11.8 Å². The van der Waals surface area contributed by atoms with E-state index in [1.807, 2.05) is 0 Å². The number of amides is 2. The fourth-order valence-corrected chi connectivity index (χ4v) is 6.25. The van der Waals surface area contributed by atoms with Crippen molar-refractivity contribution in [3.8, 4) is 0 Å². The van der Waals surface area contributed by atoms with Gasteiger partial charge in [0, 0.05) is 9.65 Å². The summed E-state index contributed by atoms with van der Waals surface area (Å²) in [6.45, 7) is 0. The van der Waals surface area contributed by atoms with E-state index in [0.717, 1.165) is 6.42 Å². The summed E-state index contributed by atoms with van der Waals surface area (Å²) in [5.41, 5.74) is 0.422. The van der Waals surface area contributed by atoms with Crippen molar-refractivity contribution in [3.63, 3.8) is 0 Å². The highest BCUT2D eigenvalue weighted by Crippen LogP contribution is 2.60. The number of carboxylic acids is 1. The van der Waals surface area contributed by atoms with Gasteiger partial charge in [-0.3, -0.25) is 14.5 Å². The first kappa shape index (κ1) is 15.3. The molecular formula is C16H13Br2NO4. The van der Waals surface area contributed by atoms with Crippen LogP contribution in [0.2, 0.25) is 0 Å². The summed E-state index contributed by atoms with van der Waals surface area (Å²) in [5, 5.41) is 9.11. The molecule has 2 aliphatic carbocycles. The molecule has 1 N–H and O–H groups in total. The number of hydrogen-bond acceptors (Lipinski definition) is 3. The number of anilines is 1. The third kappa shape index (κ3) is 1.99. The van der Waals surface area contributed by atoms with Crippen LogP contribution >= 0.6 is 31.9 Å². The lowest BCUT2D eigenvalue weighted by Gasteiger charge is -2.28. The zero-order valence-corrected chi connectivity index (χ0v) is 15.0. The van der Waals surface area contributed by atoms with E-state index in [9.17, 15) is 14.4 Å². The number of benzene rings is 1. The molecule has 23 heavy (non-hydrogen) atoms. The average molecular weight is 443 g/mol. The van der Waals surface area contributed by atoms with Crippen LogP contribution in [0.1, 0.15) is 16.8 Å². The van der Waals surface area contributed by atoms with E-state index in [4.69, 9.17) is 5.11 Å². The number of alkyl halides is 2. The Morgan fingerprint density at radius 1 is 1.09 bits per heavy atom. The Labute approximate surface area is 149 Å². The summed E-state index contributed by atoms with van der Waals surface area (Å²) in [4.78, 5) is 38.4. The van der Waals surface area contributed by atoms with Gasteiger partial charge in [0.1, 0.15) is 0 Å². The molecular weight excluding hydrogens is 430 g/mol. The lowest BCUT2D eigenvalue weighted by molar-refractivity contribution is -0.123. The number of carboxylic acid groups (broad SMARTS) is 1. The van der Waals surface area contributed by atoms with E-state index in [0.29, 0.717) is 5.69 Å². The Morgan fingerprint density at radius 2 is 1.65 bits per heavy atom. The molecule has 120 valence electrons. The van der Waals surface area contributed by atoms with Crippen molar-refractivity contribution >= 4 is 55.3 Å². The van der Waals surface area contributed by atoms with Crippen LogP contribution in [-0.4, -0.2) is 32.5 Å². The zero-order valence-electron chi connectivity index (χ0n) is 11.9. The topological polar surface area (TPSA) is 74.7 Å². The van der Waals surface area contributed by atoms with Crippen LogP contribution < -0.4 is 4.90 Å². The SMILES string of the molecule is O=C(O)c1cccc(N2C(=O)[C@@H]3[C@@H]4C[C@H]([C@H](Br)[C@@H]4Br)[C@@H]3C2=O)c1. The number of rotatable bonds is 2. The number of hydrogen-bond donors (Lipinski definition) is 1. The normalized spacial score (nSPS) is 38.3. The quantitative estimate of drug-likeness (QED) is 0.564. The summed E-state index contributed by atoms with van der Waals surface area (Å²) in [5.74, 6) is -1.75. The molecule has 1 aromatic carbocycles. The summed E-state index contributed by atoms with van der Waals surface area (Å²) in [6, 6.07) is 6.01. The van der Waals surface area contributed by atoms with Gasteiger partial charge in [0.05, 0.1) is 23.1 Å². The van der Waals surface area contributed by atoms with Crippen LogP contribution in [0, 0.1) is 23.7 Å². The maximum absolute atomic E-state index is 12.8. The van der Waals surface area contributed by atoms with Crippen molar-refractivity contribution in [2.45, 2.75) is 16.1 Å². The predicted molar refractivity (Wildman–Crippen MR) is 89.9 cm³/mol. The molecule has 2 amide bonds. The van der Waals surface area contributed by atoms with E-state index in [-0.39, 0.29) is 50.7 Å². The molecule has 6 atom stereocenters. The molecule has 4 rings (SSSR count). The largest absolute Gasteiger partial charge is 0.478 e. The van der Waals surface area contributed by atoms with Crippen LogP contribution in [0.5, 0.6) is 0 Å². The maximum atomic E-state index is 12.8. The van der Waals surface area contributed by atoms with Crippen molar-refractivity contribution in [3.05, 3.63) is 29.8 Å². The summed E-state index contributed by atoms with van der Waals surface area (Å²) in [7, 11) is 0. The van der Waals surface area contributed by atoms with Crippen molar-refractivity contribution in [2.24, 2.45) is 23.7 Å². The molecule has 1 aromatic rings. The van der Waals surface area contributed by atoms with Gasteiger partial charge in [-0.25, -0.2) is 4.79 Å². The van der Waals surface area contributed by atoms with E-state index >= 15 is 0 Å². The molecule has 0 radical (unpaired) electrons. The summed E-state index contributed by atoms with van der Waals surface area (Å²) in [6.07, 6.45) is 0.877. The molecule has 5 nitrogen and oxygen atoms in total. The van der Waals surface area contributed by atoms with Gasteiger partial charge in [-0.15, -0.1) is 0 Å². The van der Waals surface area contributed by atoms with Crippen LogP contribution in [-0.2, 0) is 9.59 Å². The van der Waals surface area contributed by atoms with Gasteiger partial charge >= 0.3 is 5.97 Å². The second kappa shape index (κ2) is 5.14. The van der Waals surface area contributed by atoms with Gasteiger partial charge in [-0.1, -0.05) is 37.9 Å². The van der Waals surface area contributed by atoms with E-state index < -0.39 is 5.97 Å². The van der Waals surface area contributed by atoms with Gasteiger partial charge in [0.15, 0.2) is 0 Å². The highest BCUT2D eigenvalue weighted by Gasteiger charge is 2.66. The molecule has 1 aliphatic heterocycles. The number of nitrogens with zero attached hydrogens (tertiary/aromatic N) is 1. The predicted octanol–water partition coefficient (Wildman–Crippen LogP) is 2.67. The minimum atomic E-state index is -1.08. The Bertz CT molecular complexity index is 705. The van der Waals surface area contributed by atoms with Gasteiger partial charge in [-0.05, 0) is 36.5 Å². The van der Waals surface area contributed by atoms with Crippen molar-refractivity contribution in [2.75, 3.05) is 4.90 Å². The third-order valence-electron chi connectivity index (χ3n) is 5.34. The highest BCUT2D eigenvalue weighted by atomic mass is 79.9. The van der Waals surface area contributed by atoms with Crippen LogP contribution in [0.15, 0.2) is 24.3 Å². The van der Waals surface area contributed by atoms with Crippen molar-refractivity contribution in [1.29, 1.82) is 0 Å². The van der Waals surface area contributed by atoms with Crippen LogP contribution in [0.3, 0.4) is 0 Å². The van der Waals surface area contributed by atoms with Gasteiger partial charge in [0.25, 0.3) is 0 Å². The first-order valence-corrected chi connectivity index (χ1v) is 9.24. The third-order valence-corrected chi connectivity index (χ3v) is 8.55. The Balaban J connectivity index is 1.73. The number of halogens is 2. The van der Waals surface area contributed by atoms with Crippen LogP contribution in [0.25, 0.3) is 0 Å². The first-order valence-electron chi connectivity index (χ1n) is 7.41. The van der Waals surface area contributed by atoms with E-state index in [1.165, 1.54) is 17.0 Å². The number of fused-ring (bicyclic) bond motifs is 5. The molecule has 3 fully saturated rings. The monoisotopic (exact) mass is 441 g/mol. The minimum Gasteiger partial charge on any atom is -0.478 e. The van der Waals surface area contributed by atoms with Crippen molar-refractivity contribution in [1.82, 2.24) is 0 Å². The Kier molecular flexibility index (Phi) is 3.43. The molecule has 0 spiro atoms. The number of carbonyl (C=O) groups excluding carboxylic acids is 2. The fraction of sp³-hybridized carbons (Fsp3) is 0.438. The second-order valence-electron chi connectivity index (χ2n) is 6.37.